The first kappa shape index (κ1) is 16.9. The molecule has 0 spiro atoms. The van der Waals surface area contributed by atoms with E-state index in [0.717, 1.165) is 5.75 Å². The third-order valence-electron chi connectivity index (χ3n) is 2.20. The largest absolute Gasteiger partial charge is 0.490 e. The molecule has 1 rings (SSSR count). The summed E-state index contributed by atoms with van der Waals surface area (Å²) in [4.78, 5) is 10.2. The minimum atomic E-state index is -0.857. The molecule has 7 heteroatoms. The van der Waals surface area contributed by atoms with Crippen molar-refractivity contribution in [3.63, 3.8) is 0 Å². The molecule has 1 aromatic heterocycles. The van der Waals surface area contributed by atoms with Crippen molar-refractivity contribution in [3.05, 3.63) is 16.8 Å². The van der Waals surface area contributed by atoms with E-state index in [0.29, 0.717) is 39.6 Å². The number of rotatable bonds is 13. The van der Waals surface area contributed by atoms with Gasteiger partial charge in [0.1, 0.15) is 12.4 Å². The van der Waals surface area contributed by atoms with Crippen LogP contribution >= 0.6 is 11.3 Å². The van der Waals surface area contributed by atoms with E-state index in [1.165, 1.54) is 0 Å². The average Bonchev–Trinajstić information content (AvgIpc) is 2.93. The SMILES string of the molecule is O=C(O)CCOCCOCCOCCOc1ccsc1. The average molecular weight is 304 g/mol. The van der Waals surface area contributed by atoms with Crippen molar-refractivity contribution in [2.75, 3.05) is 46.2 Å². The summed E-state index contributed by atoms with van der Waals surface area (Å²) in [5, 5.41) is 12.3. The van der Waals surface area contributed by atoms with Gasteiger partial charge < -0.3 is 24.1 Å². The van der Waals surface area contributed by atoms with Gasteiger partial charge in [0.25, 0.3) is 0 Å². The lowest BCUT2D eigenvalue weighted by Gasteiger charge is -2.07. The molecule has 0 aliphatic rings. The molecule has 0 saturated carbocycles. The molecular weight excluding hydrogens is 284 g/mol. The van der Waals surface area contributed by atoms with E-state index < -0.39 is 5.97 Å². The van der Waals surface area contributed by atoms with Crippen LogP contribution in [-0.4, -0.2) is 57.3 Å². The van der Waals surface area contributed by atoms with Gasteiger partial charge in [-0.25, -0.2) is 0 Å². The Labute approximate surface area is 122 Å². The maximum absolute atomic E-state index is 10.2. The standard InChI is InChI=1S/C13H20O6S/c14-13(15)1-3-16-4-5-17-6-7-18-8-9-19-12-2-10-20-11-12/h2,10-11H,1,3-9H2,(H,14,15). The van der Waals surface area contributed by atoms with Gasteiger partial charge in [0, 0.05) is 5.38 Å². The van der Waals surface area contributed by atoms with Gasteiger partial charge in [0.2, 0.25) is 0 Å². The molecule has 0 radical (unpaired) electrons. The zero-order chi connectivity index (χ0) is 14.5. The number of aliphatic carboxylic acids is 1. The molecule has 6 nitrogen and oxygen atoms in total. The zero-order valence-electron chi connectivity index (χ0n) is 11.3. The molecular formula is C13H20O6S. The Hall–Kier alpha value is -1.15. The minimum Gasteiger partial charge on any atom is -0.490 e. The second kappa shape index (κ2) is 11.7. The lowest BCUT2D eigenvalue weighted by molar-refractivity contribution is -0.138. The van der Waals surface area contributed by atoms with Crippen LogP contribution in [0.25, 0.3) is 0 Å². The quantitative estimate of drug-likeness (QED) is 0.559. The molecule has 0 saturated heterocycles. The highest BCUT2D eigenvalue weighted by molar-refractivity contribution is 7.08. The first-order chi connectivity index (χ1) is 9.79. The van der Waals surface area contributed by atoms with Crippen LogP contribution < -0.4 is 4.74 Å². The van der Waals surface area contributed by atoms with Gasteiger partial charge in [-0.15, -0.1) is 11.3 Å². The lowest BCUT2D eigenvalue weighted by atomic mass is 10.5. The fourth-order valence-electron chi connectivity index (χ4n) is 1.25. The highest BCUT2D eigenvalue weighted by Gasteiger charge is 1.96. The summed E-state index contributed by atoms with van der Waals surface area (Å²) in [7, 11) is 0. The van der Waals surface area contributed by atoms with Crippen molar-refractivity contribution in [1.29, 1.82) is 0 Å². The van der Waals surface area contributed by atoms with Gasteiger partial charge in [-0.1, -0.05) is 0 Å². The van der Waals surface area contributed by atoms with Crippen molar-refractivity contribution < 1.29 is 28.8 Å². The van der Waals surface area contributed by atoms with Crippen LogP contribution in [-0.2, 0) is 19.0 Å². The first-order valence-corrected chi connectivity index (χ1v) is 7.33. The third kappa shape index (κ3) is 9.74. The summed E-state index contributed by atoms with van der Waals surface area (Å²) in [6.45, 7) is 3.09. The van der Waals surface area contributed by atoms with Gasteiger partial charge in [-0.2, -0.15) is 0 Å². The second-order valence-corrected chi connectivity index (χ2v) is 4.57. The molecule has 0 bridgehead atoms. The van der Waals surface area contributed by atoms with Gasteiger partial charge in [0.15, 0.2) is 0 Å². The summed E-state index contributed by atoms with van der Waals surface area (Å²) in [5.74, 6) is 0.0114. The van der Waals surface area contributed by atoms with Crippen LogP contribution in [0.2, 0.25) is 0 Å². The summed E-state index contributed by atoms with van der Waals surface area (Å²) in [6.07, 6.45) is 0.0211. The molecule has 0 amide bonds. The van der Waals surface area contributed by atoms with Crippen molar-refractivity contribution >= 4 is 17.3 Å². The van der Waals surface area contributed by atoms with E-state index in [9.17, 15) is 4.79 Å². The molecule has 114 valence electrons. The Morgan fingerprint density at radius 1 is 1.00 bits per heavy atom. The Kier molecular flexibility index (Phi) is 9.85. The Morgan fingerprint density at radius 3 is 2.15 bits per heavy atom. The second-order valence-electron chi connectivity index (χ2n) is 3.79. The van der Waals surface area contributed by atoms with E-state index in [1.54, 1.807) is 11.3 Å². The molecule has 1 heterocycles. The van der Waals surface area contributed by atoms with E-state index in [2.05, 4.69) is 0 Å². The molecule has 0 atom stereocenters. The number of carboxylic acid groups (broad SMARTS) is 1. The monoisotopic (exact) mass is 304 g/mol. The Morgan fingerprint density at radius 2 is 1.60 bits per heavy atom. The summed E-state index contributed by atoms with van der Waals surface area (Å²) >= 11 is 1.59. The molecule has 0 aliphatic heterocycles. The van der Waals surface area contributed by atoms with Crippen LogP contribution in [0.4, 0.5) is 0 Å². The predicted octanol–water partition coefficient (Wildman–Crippen LogP) is 1.65. The summed E-state index contributed by atoms with van der Waals surface area (Å²) in [6, 6.07) is 1.91. The molecule has 20 heavy (non-hydrogen) atoms. The van der Waals surface area contributed by atoms with Crippen LogP contribution in [0, 0.1) is 0 Å². The van der Waals surface area contributed by atoms with Gasteiger partial charge in [-0.3, -0.25) is 4.79 Å². The summed E-state index contributed by atoms with van der Waals surface area (Å²) < 4.78 is 21.1. The highest BCUT2D eigenvalue weighted by Crippen LogP contribution is 2.14. The minimum absolute atomic E-state index is 0.0211. The molecule has 0 unspecified atom stereocenters. The Balaban J connectivity index is 1.73. The predicted molar refractivity (Wildman–Crippen MR) is 74.5 cm³/mol. The number of thiophene rings is 1. The summed E-state index contributed by atoms with van der Waals surface area (Å²) in [5.41, 5.74) is 0. The van der Waals surface area contributed by atoms with Crippen molar-refractivity contribution in [2.24, 2.45) is 0 Å². The van der Waals surface area contributed by atoms with Gasteiger partial charge in [0.05, 0.1) is 46.1 Å². The van der Waals surface area contributed by atoms with E-state index in [1.807, 2.05) is 16.8 Å². The topological polar surface area (TPSA) is 74.2 Å². The number of carbonyl (C=O) groups is 1. The number of carboxylic acids is 1. The number of hydrogen-bond acceptors (Lipinski definition) is 6. The smallest absolute Gasteiger partial charge is 0.305 e. The maximum atomic E-state index is 10.2. The molecule has 0 aromatic carbocycles. The normalized spacial score (nSPS) is 10.6. The van der Waals surface area contributed by atoms with E-state index in [-0.39, 0.29) is 13.0 Å². The number of hydrogen-bond donors (Lipinski definition) is 1. The van der Waals surface area contributed by atoms with Crippen LogP contribution in [0.15, 0.2) is 16.8 Å². The lowest BCUT2D eigenvalue weighted by Crippen LogP contribution is -2.13. The van der Waals surface area contributed by atoms with Crippen LogP contribution in [0.5, 0.6) is 5.75 Å². The molecule has 1 aromatic rings. The van der Waals surface area contributed by atoms with Gasteiger partial charge in [-0.05, 0) is 11.4 Å². The van der Waals surface area contributed by atoms with Crippen LogP contribution in [0.3, 0.4) is 0 Å². The fraction of sp³-hybridized carbons (Fsp3) is 0.615. The zero-order valence-corrected chi connectivity index (χ0v) is 12.1. The fourth-order valence-corrected chi connectivity index (χ4v) is 1.83. The first-order valence-electron chi connectivity index (χ1n) is 6.39. The highest BCUT2D eigenvalue weighted by atomic mass is 32.1. The van der Waals surface area contributed by atoms with E-state index in [4.69, 9.17) is 24.1 Å². The third-order valence-corrected chi connectivity index (χ3v) is 2.86. The molecule has 0 aliphatic carbocycles. The van der Waals surface area contributed by atoms with Crippen molar-refractivity contribution in [1.82, 2.24) is 0 Å². The maximum Gasteiger partial charge on any atom is 0.305 e. The van der Waals surface area contributed by atoms with E-state index >= 15 is 0 Å². The Bertz CT molecular complexity index is 341. The van der Waals surface area contributed by atoms with Crippen molar-refractivity contribution in [2.45, 2.75) is 6.42 Å². The van der Waals surface area contributed by atoms with Gasteiger partial charge >= 0.3 is 5.97 Å². The van der Waals surface area contributed by atoms with Crippen molar-refractivity contribution in [3.8, 4) is 5.75 Å². The molecule has 1 N–H and O–H groups in total. The molecule has 0 fully saturated rings. The van der Waals surface area contributed by atoms with Crippen LogP contribution in [0.1, 0.15) is 6.42 Å². The number of ether oxygens (including phenoxy) is 4.